The summed E-state index contributed by atoms with van der Waals surface area (Å²) in [6.45, 7) is 0. The van der Waals surface area contributed by atoms with Crippen molar-refractivity contribution in [2.75, 3.05) is 12.4 Å². The van der Waals surface area contributed by atoms with Crippen LogP contribution >= 0.6 is 23.1 Å². The summed E-state index contributed by atoms with van der Waals surface area (Å²) in [7, 11) is 1.62. The number of benzene rings is 1. The van der Waals surface area contributed by atoms with Gasteiger partial charge in [-0.3, -0.25) is 0 Å². The fourth-order valence-electron chi connectivity index (χ4n) is 1.66. The largest absolute Gasteiger partial charge is 0.497 e. The van der Waals surface area contributed by atoms with Gasteiger partial charge in [0.15, 0.2) is 10.0 Å². The Kier molecular flexibility index (Phi) is 4.65. The van der Waals surface area contributed by atoms with Crippen LogP contribution in [0.15, 0.2) is 46.0 Å². The lowest BCUT2D eigenvalue weighted by molar-refractivity contribution is 0.415. The van der Waals surface area contributed by atoms with E-state index in [9.17, 15) is 0 Å². The lowest BCUT2D eigenvalue weighted by Gasteiger charge is -2.03. The molecule has 2 aromatic heterocycles. The summed E-state index contributed by atoms with van der Waals surface area (Å²) in [6.07, 6.45) is 3.03. The normalized spacial score (nSPS) is 10.1. The van der Waals surface area contributed by atoms with Crippen molar-refractivity contribution in [2.45, 2.75) is 9.37 Å². The molecule has 0 fully saturated rings. The smallest absolute Gasteiger partial charge is 0.210 e. The predicted molar refractivity (Wildman–Crippen MR) is 87.1 cm³/mol. The van der Waals surface area contributed by atoms with E-state index in [-0.39, 0.29) is 5.69 Å². The number of hydrogen-bond donors (Lipinski definition) is 1. The van der Waals surface area contributed by atoms with E-state index in [0.29, 0.717) is 14.5 Å². The zero-order valence-electron chi connectivity index (χ0n) is 11.9. The van der Waals surface area contributed by atoms with Crippen LogP contribution in [0, 0.1) is 11.3 Å². The molecule has 3 rings (SSSR count). The van der Waals surface area contributed by atoms with Crippen molar-refractivity contribution >= 4 is 33.9 Å². The van der Waals surface area contributed by atoms with Crippen molar-refractivity contribution < 1.29 is 4.74 Å². The number of ether oxygens (including phenoxy) is 1. The highest BCUT2D eigenvalue weighted by atomic mass is 32.2. The Hall–Kier alpha value is -2.70. The number of aromatic nitrogens is 4. The zero-order valence-corrected chi connectivity index (χ0v) is 13.6. The quantitative estimate of drug-likeness (QED) is 0.755. The maximum Gasteiger partial charge on any atom is 0.210 e. The van der Waals surface area contributed by atoms with Crippen LogP contribution in [0.1, 0.15) is 5.69 Å². The standard InChI is InChI=1S/C14H10N6OS2/c1-21-10-4-2-9(3-5-10)18-13-19-20-14(23-13)22-12-11(8-15)16-6-7-17-12/h2-7H,1H3,(H,18,19). The Balaban J connectivity index is 1.71. The van der Waals surface area contributed by atoms with Crippen LogP contribution in [0.5, 0.6) is 5.75 Å². The number of hydrogen-bond acceptors (Lipinski definition) is 9. The molecule has 0 saturated heterocycles. The first kappa shape index (κ1) is 15.2. The van der Waals surface area contributed by atoms with Crippen LogP contribution in [-0.2, 0) is 0 Å². The van der Waals surface area contributed by atoms with Gasteiger partial charge >= 0.3 is 0 Å². The Morgan fingerprint density at radius 2 is 1.96 bits per heavy atom. The molecule has 0 aliphatic heterocycles. The topological polar surface area (TPSA) is 96.6 Å². The summed E-state index contributed by atoms with van der Waals surface area (Å²) >= 11 is 2.64. The summed E-state index contributed by atoms with van der Waals surface area (Å²) in [6, 6.07) is 9.51. The monoisotopic (exact) mass is 342 g/mol. The predicted octanol–water partition coefficient (Wildman–Crippen LogP) is 3.10. The molecular formula is C14H10N6OS2. The molecule has 0 aliphatic rings. The fourth-order valence-corrected chi connectivity index (χ4v) is 3.35. The molecule has 0 bridgehead atoms. The first-order valence-electron chi connectivity index (χ1n) is 6.42. The maximum atomic E-state index is 9.02. The molecule has 0 unspecified atom stereocenters. The average Bonchev–Trinajstić information content (AvgIpc) is 3.03. The Labute approximate surface area is 140 Å². The van der Waals surface area contributed by atoms with Gasteiger partial charge in [-0.25, -0.2) is 9.97 Å². The van der Waals surface area contributed by atoms with Gasteiger partial charge in [0.25, 0.3) is 0 Å². The number of methoxy groups -OCH3 is 1. The second-order valence-corrected chi connectivity index (χ2v) is 6.36. The molecule has 0 spiro atoms. The van der Waals surface area contributed by atoms with Crippen LogP contribution in [0.4, 0.5) is 10.8 Å². The van der Waals surface area contributed by atoms with Gasteiger partial charge in [0.2, 0.25) is 5.13 Å². The minimum Gasteiger partial charge on any atom is -0.497 e. The van der Waals surface area contributed by atoms with E-state index in [2.05, 4.69) is 25.5 Å². The molecule has 0 saturated carbocycles. The molecule has 23 heavy (non-hydrogen) atoms. The summed E-state index contributed by atoms with van der Waals surface area (Å²) in [4.78, 5) is 8.11. The number of anilines is 2. The summed E-state index contributed by atoms with van der Waals surface area (Å²) in [5.41, 5.74) is 1.16. The maximum absolute atomic E-state index is 9.02. The molecule has 0 radical (unpaired) electrons. The van der Waals surface area contributed by atoms with E-state index in [1.54, 1.807) is 13.3 Å². The second kappa shape index (κ2) is 7.04. The third-order valence-electron chi connectivity index (χ3n) is 2.70. The van der Waals surface area contributed by atoms with Gasteiger partial charge in [0.05, 0.1) is 7.11 Å². The number of rotatable bonds is 5. The number of nitrogens with zero attached hydrogens (tertiary/aromatic N) is 5. The van der Waals surface area contributed by atoms with E-state index in [1.807, 2.05) is 30.3 Å². The van der Waals surface area contributed by atoms with Gasteiger partial charge in [0, 0.05) is 18.1 Å². The van der Waals surface area contributed by atoms with Crippen LogP contribution in [0.3, 0.4) is 0 Å². The van der Waals surface area contributed by atoms with Gasteiger partial charge in [-0.15, -0.1) is 10.2 Å². The zero-order chi connectivity index (χ0) is 16.1. The Bertz CT molecular complexity index is 843. The molecule has 0 amide bonds. The summed E-state index contributed by atoms with van der Waals surface area (Å²) in [5.74, 6) is 0.788. The van der Waals surface area contributed by atoms with Crippen molar-refractivity contribution in [3.63, 3.8) is 0 Å². The van der Waals surface area contributed by atoms with Gasteiger partial charge < -0.3 is 10.1 Å². The first-order chi connectivity index (χ1) is 11.3. The highest BCUT2D eigenvalue weighted by molar-refractivity contribution is 8.01. The van der Waals surface area contributed by atoms with Crippen molar-refractivity contribution in [1.82, 2.24) is 20.2 Å². The van der Waals surface area contributed by atoms with Crippen LogP contribution in [0.25, 0.3) is 0 Å². The van der Waals surface area contributed by atoms with E-state index in [1.165, 1.54) is 29.3 Å². The summed E-state index contributed by atoms with van der Waals surface area (Å²) < 4.78 is 5.79. The minimum atomic E-state index is 0.275. The van der Waals surface area contributed by atoms with Crippen LogP contribution < -0.4 is 10.1 Å². The fraction of sp³-hybridized carbons (Fsp3) is 0.0714. The van der Waals surface area contributed by atoms with E-state index < -0.39 is 0 Å². The molecule has 7 nitrogen and oxygen atoms in total. The number of nitriles is 1. The molecule has 1 aromatic carbocycles. The molecule has 9 heteroatoms. The molecule has 114 valence electrons. The average molecular weight is 342 g/mol. The molecule has 3 aromatic rings. The lowest BCUT2D eigenvalue weighted by atomic mass is 10.3. The van der Waals surface area contributed by atoms with Crippen molar-refractivity contribution in [3.05, 3.63) is 42.4 Å². The van der Waals surface area contributed by atoms with Crippen LogP contribution in [0.2, 0.25) is 0 Å². The van der Waals surface area contributed by atoms with Crippen molar-refractivity contribution in [2.24, 2.45) is 0 Å². The minimum absolute atomic E-state index is 0.275. The molecule has 1 N–H and O–H groups in total. The molecule has 2 heterocycles. The SMILES string of the molecule is COc1ccc(Nc2nnc(Sc3nccnc3C#N)s2)cc1. The lowest BCUT2D eigenvalue weighted by Crippen LogP contribution is -1.89. The third-order valence-corrected chi connectivity index (χ3v) is 4.58. The number of nitrogens with one attached hydrogen (secondary N) is 1. The summed E-state index contributed by atoms with van der Waals surface area (Å²) in [5, 5.41) is 21.5. The van der Waals surface area contributed by atoms with Gasteiger partial charge in [-0.05, 0) is 36.0 Å². The highest BCUT2D eigenvalue weighted by Gasteiger charge is 2.11. The Morgan fingerprint density at radius 1 is 1.17 bits per heavy atom. The first-order valence-corrected chi connectivity index (χ1v) is 8.05. The van der Waals surface area contributed by atoms with Crippen LogP contribution in [-0.4, -0.2) is 27.3 Å². The van der Waals surface area contributed by atoms with Crippen molar-refractivity contribution in [3.8, 4) is 11.8 Å². The van der Waals surface area contributed by atoms with Gasteiger partial charge in [-0.1, -0.05) is 11.3 Å². The molecule has 0 aliphatic carbocycles. The van der Waals surface area contributed by atoms with Gasteiger partial charge in [0.1, 0.15) is 16.8 Å². The third kappa shape index (κ3) is 3.74. The van der Waals surface area contributed by atoms with Gasteiger partial charge in [-0.2, -0.15) is 5.26 Å². The molecule has 0 atom stereocenters. The highest BCUT2D eigenvalue weighted by Crippen LogP contribution is 2.32. The molecular weight excluding hydrogens is 332 g/mol. The Morgan fingerprint density at radius 3 is 2.70 bits per heavy atom. The van der Waals surface area contributed by atoms with E-state index in [4.69, 9.17) is 10.00 Å². The van der Waals surface area contributed by atoms with E-state index >= 15 is 0 Å². The van der Waals surface area contributed by atoms with E-state index in [0.717, 1.165) is 11.4 Å². The van der Waals surface area contributed by atoms with Crippen molar-refractivity contribution in [1.29, 1.82) is 5.26 Å². The second-order valence-electron chi connectivity index (χ2n) is 4.15.